The molecule has 0 radical (unpaired) electrons. The van der Waals surface area contributed by atoms with Gasteiger partial charge in [0.05, 0.1) is 16.6 Å². The lowest BCUT2D eigenvalue weighted by Gasteiger charge is -2.11. The molecule has 0 unspecified atom stereocenters. The molecule has 0 saturated carbocycles. The maximum Gasteiger partial charge on any atom is 0.145 e. The van der Waals surface area contributed by atoms with Gasteiger partial charge >= 0.3 is 0 Å². The van der Waals surface area contributed by atoms with Crippen LogP contribution in [0.5, 0.6) is 0 Å². The van der Waals surface area contributed by atoms with E-state index in [2.05, 4.69) is 185 Å². The second kappa shape index (κ2) is 11.5. The summed E-state index contributed by atoms with van der Waals surface area (Å²) >= 11 is 0. The maximum absolute atomic E-state index is 4.87. The van der Waals surface area contributed by atoms with Crippen LogP contribution in [0, 0.1) is 0 Å². The molecule has 0 fully saturated rings. The molecule has 0 amide bonds. The van der Waals surface area contributed by atoms with E-state index in [4.69, 9.17) is 4.98 Å². The van der Waals surface area contributed by atoms with Gasteiger partial charge in [-0.15, -0.1) is 0 Å². The molecular weight excluding hydrogens is 607 g/mol. The van der Waals surface area contributed by atoms with Crippen molar-refractivity contribution in [2.45, 2.75) is 0 Å². The van der Waals surface area contributed by atoms with Gasteiger partial charge in [-0.2, -0.15) is 0 Å². The number of nitrogens with zero attached hydrogens (tertiary/aromatic N) is 3. The van der Waals surface area contributed by atoms with E-state index >= 15 is 0 Å². The fraction of sp³-hybridized carbons (Fsp3) is 0. The Labute approximate surface area is 290 Å². The molecule has 0 saturated heterocycles. The monoisotopic (exact) mass is 637 g/mol. The van der Waals surface area contributed by atoms with Crippen molar-refractivity contribution in [3.8, 4) is 44.8 Å². The van der Waals surface area contributed by atoms with Crippen LogP contribution in [0.4, 0.5) is 0 Å². The molecule has 10 rings (SSSR count). The summed E-state index contributed by atoms with van der Waals surface area (Å²) in [5.41, 5.74) is 14.0. The highest BCUT2D eigenvalue weighted by Crippen LogP contribution is 2.38. The minimum Gasteiger partial charge on any atom is -0.309 e. The molecule has 0 spiro atoms. The van der Waals surface area contributed by atoms with Crippen molar-refractivity contribution in [2.75, 3.05) is 0 Å². The lowest BCUT2D eigenvalue weighted by Crippen LogP contribution is -1.95. The molecule has 0 aliphatic rings. The summed E-state index contributed by atoms with van der Waals surface area (Å²) in [5, 5.41) is 4.83. The predicted octanol–water partition coefficient (Wildman–Crippen LogP) is 12.3. The van der Waals surface area contributed by atoms with E-state index < -0.39 is 0 Å². The predicted molar refractivity (Wildman–Crippen MR) is 209 cm³/mol. The highest BCUT2D eigenvalue weighted by Gasteiger charge is 2.17. The Kier molecular flexibility index (Phi) is 6.49. The lowest BCUT2D eigenvalue weighted by molar-refractivity contribution is 1.14. The van der Waals surface area contributed by atoms with Gasteiger partial charge < -0.3 is 4.57 Å². The van der Waals surface area contributed by atoms with Gasteiger partial charge in [0.15, 0.2) is 0 Å². The van der Waals surface area contributed by atoms with Gasteiger partial charge in [0, 0.05) is 39.1 Å². The quantitative estimate of drug-likeness (QED) is 0.184. The topological polar surface area (TPSA) is 22.8 Å². The second-order valence-electron chi connectivity index (χ2n) is 12.9. The van der Waals surface area contributed by atoms with Gasteiger partial charge in [-0.25, -0.2) is 4.98 Å². The van der Waals surface area contributed by atoms with Crippen molar-refractivity contribution in [3.63, 3.8) is 0 Å². The fourth-order valence-electron chi connectivity index (χ4n) is 7.58. The molecule has 0 atom stereocenters. The van der Waals surface area contributed by atoms with Crippen LogP contribution < -0.4 is 0 Å². The largest absolute Gasteiger partial charge is 0.309 e. The molecule has 3 heteroatoms. The van der Waals surface area contributed by atoms with Crippen LogP contribution >= 0.6 is 0 Å². The lowest BCUT2D eigenvalue weighted by atomic mass is 10.0. The zero-order valence-electron chi connectivity index (χ0n) is 27.2. The van der Waals surface area contributed by atoms with E-state index in [1.165, 1.54) is 60.6 Å². The number of rotatable bonds is 5. The van der Waals surface area contributed by atoms with Crippen molar-refractivity contribution >= 4 is 43.7 Å². The van der Waals surface area contributed by atoms with Crippen LogP contribution in [0.25, 0.3) is 88.5 Å². The van der Waals surface area contributed by atoms with E-state index in [0.29, 0.717) is 0 Å². The first-order chi connectivity index (χ1) is 24.8. The second-order valence-corrected chi connectivity index (χ2v) is 12.9. The van der Waals surface area contributed by atoms with Crippen molar-refractivity contribution in [2.24, 2.45) is 0 Å². The van der Waals surface area contributed by atoms with E-state index in [1.54, 1.807) is 0 Å². The standard InChI is InChI=1S/C47H31N3/c1-3-10-32(11-4-1)34-17-23-38(24-18-34)49-44-16-8-7-14-40(44)41-27-21-37(31-46(41)49)36-22-28-45-43(30-36)42-15-9-29-48-47(42)50(45)39-25-19-35(20-26-39)33-12-5-2-6-13-33/h1-31H. The molecular formula is C47H31N3. The van der Waals surface area contributed by atoms with Gasteiger partial charge in [0.2, 0.25) is 0 Å². The van der Waals surface area contributed by atoms with Crippen LogP contribution in [0.15, 0.2) is 188 Å². The van der Waals surface area contributed by atoms with E-state index in [1.807, 2.05) is 12.3 Å². The summed E-state index contributed by atoms with van der Waals surface area (Å²) in [6.07, 6.45) is 1.89. The average molecular weight is 638 g/mol. The van der Waals surface area contributed by atoms with Crippen LogP contribution in [-0.2, 0) is 0 Å². The summed E-state index contributed by atoms with van der Waals surface area (Å²) in [7, 11) is 0. The third kappa shape index (κ3) is 4.56. The first-order valence-corrected chi connectivity index (χ1v) is 17.0. The smallest absolute Gasteiger partial charge is 0.145 e. The Hall–Kier alpha value is -6.71. The van der Waals surface area contributed by atoms with Gasteiger partial charge in [0.25, 0.3) is 0 Å². The number of hydrogen-bond acceptors (Lipinski definition) is 1. The molecule has 0 aliphatic heterocycles. The molecule has 3 heterocycles. The first-order valence-electron chi connectivity index (χ1n) is 17.0. The molecule has 234 valence electrons. The van der Waals surface area contributed by atoms with Crippen LogP contribution in [0.3, 0.4) is 0 Å². The van der Waals surface area contributed by atoms with E-state index in [-0.39, 0.29) is 0 Å². The summed E-state index contributed by atoms with van der Waals surface area (Å²) in [6, 6.07) is 65.4. The third-order valence-electron chi connectivity index (χ3n) is 10.00. The highest BCUT2D eigenvalue weighted by molar-refractivity contribution is 6.12. The van der Waals surface area contributed by atoms with Crippen molar-refractivity contribution in [1.82, 2.24) is 14.1 Å². The van der Waals surface area contributed by atoms with Crippen molar-refractivity contribution < 1.29 is 0 Å². The van der Waals surface area contributed by atoms with Gasteiger partial charge in [-0.3, -0.25) is 4.57 Å². The SMILES string of the molecule is c1ccc(-c2ccc(-n3c4ccccc4c4ccc(-c5ccc6c(c5)c5cccnc5n6-c5ccc(-c6ccccc6)cc5)cc43)cc2)cc1. The zero-order chi connectivity index (χ0) is 33.0. The van der Waals surface area contributed by atoms with Crippen LogP contribution in [0.2, 0.25) is 0 Å². The molecule has 3 aromatic heterocycles. The number of aromatic nitrogens is 3. The Morgan fingerprint density at radius 2 is 0.800 bits per heavy atom. The van der Waals surface area contributed by atoms with Gasteiger partial charge in [-0.05, 0) is 94.0 Å². The first kappa shape index (κ1) is 28.3. The number of benzene rings is 7. The summed E-state index contributed by atoms with van der Waals surface area (Å²) < 4.78 is 4.68. The summed E-state index contributed by atoms with van der Waals surface area (Å²) in [6.45, 7) is 0. The van der Waals surface area contributed by atoms with Crippen molar-refractivity contribution in [3.05, 3.63) is 188 Å². The maximum atomic E-state index is 4.87. The normalized spacial score (nSPS) is 11.6. The minimum absolute atomic E-state index is 0.960. The zero-order valence-corrected chi connectivity index (χ0v) is 27.2. The number of para-hydroxylation sites is 1. The minimum atomic E-state index is 0.960. The van der Waals surface area contributed by atoms with Gasteiger partial charge in [-0.1, -0.05) is 121 Å². The number of pyridine rings is 1. The number of fused-ring (bicyclic) bond motifs is 6. The van der Waals surface area contributed by atoms with Crippen LogP contribution in [0.1, 0.15) is 0 Å². The van der Waals surface area contributed by atoms with E-state index in [9.17, 15) is 0 Å². The Morgan fingerprint density at radius 3 is 1.50 bits per heavy atom. The molecule has 10 aromatic rings. The number of hydrogen-bond donors (Lipinski definition) is 0. The van der Waals surface area contributed by atoms with E-state index in [0.717, 1.165) is 27.9 Å². The molecule has 0 N–H and O–H groups in total. The molecule has 7 aromatic carbocycles. The Bertz CT molecular complexity index is 2830. The average Bonchev–Trinajstić information content (AvgIpc) is 3.71. The fourth-order valence-corrected chi connectivity index (χ4v) is 7.58. The Balaban J connectivity index is 1.10. The van der Waals surface area contributed by atoms with Crippen molar-refractivity contribution in [1.29, 1.82) is 0 Å². The highest BCUT2D eigenvalue weighted by atomic mass is 15.0. The van der Waals surface area contributed by atoms with Gasteiger partial charge in [0.1, 0.15) is 5.65 Å². The molecule has 0 aliphatic carbocycles. The molecule has 50 heavy (non-hydrogen) atoms. The molecule has 0 bridgehead atoms. The van der Waals surface area contributed by atoms with Crippen LogP contribution in [-0.4, -0.2) is 14.1 Å². The summed E-state index contributed by atoms with van der Waals surface area (Å²) in [5.74, 6) is 0. The summed E-state index contributed by atoms with van der Waals surface area (Å²) in [4.78, 5) is 4.87. The Morgan fingerprint density at radius 1 is 0.300 bits per heavy atom. The third-order valence-corrected chi connectivity index (χ3v) is 10.00. The molecule has 3 nitrogen and oxygen atoms in total.